The maximum absolute atomic E-state index is 10.4. The van der Waals surface area contributed by atoms with E-state index >= 15 is 0 Å². The maximum Gasteiger partial charge on any atom is 0.213 e. The third-order valence-electron chi connectivity index (χ3n) is 5.02. The van der Waals surface area contributed by atoms with Crippen LogP contribution in [0.25, 0.3) is 5.57 Å². The fraction of sp³-hybridized carbons (Fsp3) is 0.455. The number of hydrogen-bond acceptors (Lipinski definition) is 8. The van der Waals surface area contributed by atoms with E-state index in [9.17, 15) is 4.79 Å². The Balaban J connectivity index is 1.72. The smallest absolute Gasteiger partial charge is 0.213 e. The zero-order chi connectivity index (χ0) is 21.2. The van der Waals surface area contributed by atoms with Crippen LogP contribution in [0.1, 0.15) is 50.4 Å². The van der Waals surface area contributed by atoms with Crippen molar-refractivity contribution in [2.75, 3.05) is 29.9 Å². The van der Waals surface area contributed by atoms with Crippen LogP contribution in [-0.2, 0) is 11.3 Å². The lowest BCUT2D eigenvalue weighted by atomic mass is 10.1. The predicted molar refractivity (Wildman–Crippen MR) is 118 cm³/mol. The van der Waals surface area contributed by atoms with E-state index in [1.165, 1.54) is 19.3 Å². The van der Waals surface area contributed by atoms with Crippen LogP contribution in [-0.4, -0.2) is 40.9 Å². The van der Waals surface area contributed by atoms with Crippen molar-refractivity contribution < 1.29 is 9.53 Å². The molecule has 0 bridgehead atoms. The number of aldehydes is 1. The second-order valence-electron chi connectivity index (χ2n) is 7.19. The van der Waals surface area contributed by atoms with Gasteiger partial charge in [-0.05, 0) is 31.2 Å². The first kappa shape index (κ1) is 21.5. The molecule has 0 aromatic carbocycles. The zero-order valence-electron chi connectivity index (χ0n) is 17.5. The van der Waals surface area contributed by atoms with Crippen LogP contribution < -0.4 is 20.7 Å². The number of carbonyl (C=O) groups is 1. The second-order valence-corrected chi connectivity index (χ2v) is 7.19. The number of piperidine rings is 1. The molecule has 3 N–H and O–H groups in total. The highest BCUT2D eigenvalue weighted by atomic mass is 16.5. The number of carbonyl (C=O) groups excluding carboxylic acids is 1. The Bertz CT molecular complexity index is 847. The first-order chi connectivity index (χ1) is 14.7. The number of anilines is 2. The van der Waals surface area contributed by atoms with Crippen molar-refractivity contribution >= 4 is 23.5 Å². The van der Waals surface area contributed by atoms with E-state index in [0.29, 0.717) is 31.3 Å². The number of allylic oxidation sites excluding steroid dienone is 1. The van der Waals surface area contributed by atoms with Crippen LogP contribution in [0.15, 0.2) is 30.6 Å². The highest BCUT2D eigenvalue weighted by Gasteiger charge is 2.16. The number of ether oxygens (including phenoxy) is 1. The van der Waals surface area contributed by atoms with Gasteiger partial charge in [0, 0.05) is 56.2 Å². The van der Waals surface area contributed by atoms with Crippen LogP contribution in [0.5, 0.6) is 5.88 Å². The molecule has 160 valence electrons. The minimum Gasteiger partial charge on any atom is -0.477 e. The number of hydrogen-bond donors (Lipinski definition) is 2. The second kappa shape index (κ2) is 11.1. The minimum atomic E-state index is 0.339. The Kier molecular flexibility index (Phi) is 8.00. The lowest BCUT2D eigenvalue weighted by Crippen LogP contribution is -2.30. The van der Waals surface area contributed by atoms with E-state index in [-0.39, 0.29) is 0 Å². The molecule has 1 saturated heterocycles. The molecular weight excluding hydrogens is 380 g/mol. The standard InChI is InChI=1S/C22H30N6O2/c1-2-18(14-23)22-26-19(13-20(27-22)28-9-4-3-5-10-28)24-15-17-7-8-21(25-16-17)30-12-6-11-29/h7-8,11,13-14,16H,2-6,9-10,12,15,23H2,1H3,(H,24,26,27)/b18-14-. The number of aromatic nitrogens is 3. The summed E-state index contributed by atoms with van der Waals surface area (Å²) in [5.74, 6) is 2.88. The van der Waals surface area contributed by atoms with Crippen LogP contribution in [0.2, 0.25) is 0 Å². The van der Waals surface area contributed by atoms with E-state index in [0.717, 1.165) is 48.6 Å². The summed E-state index contributed by atoms with van der Waals surface area (Å²) in [5, 5.41) is 3.38. The Hall–Kier alpha value is -3.16. The van der Waals surface area contributed by atoms with Crippen molar-refractivity contribution in [3.8, 4) is 5.88 Å². The first-order valence-electron chi connectivity index (χ1n) is 10.5. The normalized spacial score (nSPS) is 14.4. The number of rotatable bonds is 10. The molecule has 0 unspecified atom stereocenters. The lowest BCUT2D eigenvalue weighted by molar-refractivity contribution is -0.108. The fourth-order valence-electron chi connectivity index (χ4n) is 3.31. The average molecular weight is 411 g/mol. The van der Waals surface area contributed by atoms with Gasteiger partial charge in [-0.3, -0.25) is 0 Å². The van der Waals surface area contributed by atoms with Gasteiger partial charge in [-0.1, -0.05) is 13.0 Å². The number of pyridine rings is 1. The molecule has 0 spiro atoms. The van der Waals surface area contributed by atoms with E-state index in [1.807, 2.05) is 19.1 Å². The SMILES string of the molecule is CC/C(=C/N)c1nc(NCc2ccc(OCCC=O)nc2)cc(N2CCCCC2)n1. The molecule has 0 radical (unpaired) electrons. The Morgan fingerprint density at radius 1 is 1.27 bits per heavy atom. The van der Waals surface area contributed by atoms with Gasteiger partial charge in [0.25, 0.3) is 0 Å². The van der Waals surface area contributed by atoms with Crippen LogP contribution in [0, 0.1) is 0 Å². The van der Waals surface area contributed by atoms with E-state index in [1.54, 1.807) is 18.5 Å². The average Bonchev–Trinajstić information content (AvgIpc) is 2.80. The third-order valence-corrected chi connectivity index (χ3v) is 5.02. The summed E-state index contributed by atoms with van der Waals surface area (Å²) in [4.78, 5) is 26.4. The van der Waals surface area contributed by atoms with Crippen molar-refractivity contribution in [3.05, 3.63) is 42.0 Å². The van der Waals surface area contributed by atoms with Crippen molar-refractivity contribution in [2.24, 2.45) is 5.73 Å². The van der Waals surface area contributed by atoms with Crippen molar-refractivity contribution in [2.45, 2.75) is 45.6 Å². The summed E-state index contributed by atoms with van der Waals surface area (Å²) >= 11 is 0. The Labute approximate surface area is 177 Å². The molecule has 30 heavy (non-hydrogen) atoms. The van der Waals surface area contributed by atoms with Gasteiger partial charge < -0.3 is 25.5 Å². The molecule has 3 rings (SSSR count). The van der Waals surface area contributed by atoms with Gasteiger partial charge in [-0.15, -0.1) is 0 Å². The summed E-state index contributed by atoms with van der Waals surface area (Å²) in [7, 11) is 0. The topological polar surface area (TPSA) is 106 Å². The Morgan fingerprint density at radius 3 is 2.77 bits per heavy atom. The largest absolute Gasteiger partial charge is 0.477 e. The molecule has 1 aliphatic heterocycles. The molecule has 1 aliphatic rings. The summed E-state index contributed by atoms with van der Waals surface area (Å²) in [6, 6.07) is 5.75. The minimum absolute atomic E-state index is 0.339. The molecule has 8 heteroatoms. The molecule has 2 aromatic rings. The molecular formula is C22H30N6O2. The summed E-state index contributed by atoms with van der Waals surface area (Å²) in [5.41, 5.74) is 7.73. The molecule has 1 fully saturated rings. The molecule has 2 aromatic heterocycles. The number of nitrogens with zero attached hydrogens (tertiary/aromatic N) is 4. The summed E-state index contributed by atoms with van der Waals surface area (Å²) < 4.78 is 5.41. The van der Waals surface area contributed by atoms with Crippen molar-refractivity contribution in [3.63, 3.8) is 0 Å². The first-order valence-corrected chi connectivity index (χ1v) is 10.5. The van der Waals surface area contributed by atoms with Crippen LogP contribution in [0.3, 0.4) is 0 Å². The van der Waals surface area contributed by atoms with Crippen molar-refractivity contribution in [1.29, 1.82) is 0 Å². The number of nitrogens with one attached hydrogen (secondary N) is 1. The highest BCUT2D eigenvalue weighted by molar-refractivity contribution is 5.63. The number of nitrogens with two attached hydrogens (primary N) is 1. The van der Waals surface area contributed by atoms with E-state index < -0.39 is 0 Å². The quantitative estimate of drug-likeness (QED) is 0.454. The van der Waals surface area contributed by atoms with E-state index in [2.05, 4.69) is 20.2 Å². The zero-order valence-corrected chi connectivity index (χ0v) is 17.5. The fourth-order valence-corrected chi connectivity index (χ4v) is 3.31. The molecule has 0 amide bonds. The van der Waals surface area contributed by atoms with Gasteiger partial charge in [0.05, 0.1) is 6.61 Å². The van der Waals surface area contributed by atoms with E-state index in [4.69, 9.17) is 15.5 Å². The summed E-state index contributed by atoms with van der Waals surface area (Å²) in [6.45, 7) is 4.99. The van der Waals surface area contributed by atoms with Gasteiger partial charge in [0.1, 0.15) is 17.9 Å². The predicted octanol–water partition coefficient (Wildman–Crippen LogP) is 3.15. The molecule has 0 atom stereocenters. The molecule has 8 nitrogen and oxygen atoms in total. The van der Waals surface area contributed by atoms with Crippen molar-refractivity contribution in [1.82, 2.24) is 15.0 Å². The Morgan fingerprint density at radius 2 is 2.10 bits per heavy atom. The maximum atomic E-state index is 10.4. The van der Waals surface area contributed by atoms with Gasteiger partial charge >= 0.3 is 0 Å². The van der Waals surface area contributed by atoms with Crippen LogP contribution in [0.4, 0.5) is 11.6 Å². The monoisotopic (exact) mass is 410 g/mol. The molecule has 3 heterocycles. The molecule has 0 aliphatic carbocycles. The van der Waals surface area contributed by atoms with Gasteiger partial charge in [0.2, 0.25) is 5.88 Å². The highest BCUT2D eigenvalue weighted by Crippen LogP contribution is 2.24. The summed E-state index contributed by atoms with van der Waals surface area (Å²) in [6.07, 6.45) is 8.94. The van der Waals surface area contributed by atoms with Crippen LogP contribution >= 0.6 is 0 Å². The van der Waals surface area contributed by atoms with Gasteiger partial charge in [-0.25, -0.2) is 15.0 Å². The third kappa shape index (κ3) is 5.92. The van der Waals surface area contributed by atoms with Gasteiger partial charge in [-0.2, -0.15) is 0 Å². The van der Waals surface area contributed by atoms with Gasteiger partial charge in [0.15, 0.2) is 5.82 Å². The lowest BCUT2D eigenvalue weighted by Gasteiger charge is -2.28. The molecule has 0 saturated carbocycles.